The van der Waals surface area contributed by atoms with E-state index in [1.807, 2.05) is 31.2 Å². The highest BCUT2D eigenvalue weighted by Gasteiger charge is 2.45. The summed E-state index contributed by atoms with van der Waals surface area (Å²) in [5, 5.41) is 5.14. The molecule has 4 saturated heterocycles. The van der Waals surface area contributed by atoms with Crippen LogP contribution in [0, 0.1) is 5.82 Å². The van der Waals surface area contributed by atoms with Crippen molar-refractivity contribution in [2.45, 2.75) is 88.6 Å². The Morgan fingerprint density at radius 2 is 1.80 bits per heavy atom. The molecule has 6 bridgehead atoms. The van der Waals surface area contributed by atoms with Crippen molar-refractivity contribution in [3.05, 3.63) is 47.9 Å². The summed E-state index contributed by atoms with van der Waals surface area (Å²) >= 11 is 0. The van der Waals surface area contributed by atoms with Gasteiger partial charge in [-0.3, -0.25) is 9.88 Å². The van der Waals surface area contributed by atoms with Crippen LogP contribution in [0.1, 0.15) is 76.7 Å². The average molecular weight is 738 g/mol. The molecule has 2 amide bonds. The van der Waals surface area contributed by atoms with Crippen molar-refractivity contribution in [1.29, 1.82) is 0 Å². The largest absolute Gasteiger partial charge is 0.461 e. The number of aryl methyl sites for hydroxylation is 1. The number of carbonyl (C=O) groups is 2. The third-order valence-corrected chi connectivity index (χ3v) is 12.3. The molecule has 1 unspecified atom stereocenters. The van der Waals surface area contributed by atoms with Crippen LogP contribution in [0.2, 0.25) is 0 Å². The fraction of sp³-hybridized carbons (Fsp3) is 0.537. The van der Waals surface area contributed by atoms with E-state index in [-0.39, 0.29) is 29.4 Å². The zero-order chi connectivity index (χ0) is 36.9. The number of anilines is 1. The van der Waals surface area contributed by atoms with Gasteiger partial charge < -0.3 is 29.3 Å². The van der Waals surface area contributed by atoms with Crippen LogP contribution in [0.25, 0.3) is 32.9 Å². The zero-order valence-electron chi connectivity index (χ0n) is 31.0. The summed E-state index contributed by atoms with van der Waals surface area (Å²) in [6, 6.07) is 9.52. The molecule has 2 aromatic heterocycles. The van der Waals surface area contributed by atoms with Gasteiger partial charge in [-0.1, -0.05) is 18.2 Å². The summed E-state index contributed by atoms with van der Waals surface area (Å²) in [5.74, 6) is 0.230. The number of alkyl carbamates (subject to hydrolysis) is 1. The summed E-state index contributed by atoms with van der Waals surface area (Å²) in [7, 11) is 0. The number of likely N-dealkylation sites (tertiary alicyclic amines) is 1. The Bertz CT molecular complexity index is 2100. The third kappa shape index (κ3) is 6.54. The van der Waals surface area contributed by atoms with Crippen LogP contribution in [-0.2, 0) is 11.2 Å². The minimum absolute atomic E-state index is 0.0535. The van der Waals surface area contributed by atoms with Crippen LogP contribution < -0.4 is 19.7 Å². The number of hydrogen-bond donors (Lipinski definition) is 1. The van der Waals surface area contributed by atoms with Crippen molar-refractivity contribution >= 4 is 39.7 Å². The number of fused-ring (bicyclic) bond motifs is 7. The molecule has 10 rings (SSSR count). The molecule has 0 spiro atoms. The summed E-state index contributed by atoms with van der Waals surface area (Å²) in [6.07, 6.45) is 10.7. The molecule has 1 atom stereocenters. The summed E-state index contributed by atoms with van der Waals surface area (Å²) in [5.41, 5.74) is 0.976. The molecule has 284 valence electrons. The second kappa shape index (κ2) is 14.1. The summed E-state index contributed by atoms with van der Waals surface area (Å²) < 4.78 is 35.6. The lowest BCUT2D eigenvalue weighted by molar-refractivity contribution is 0.107. The number of benzene rings is 2. The highest BCUT2D eigenvalue weighted by molar-refractivity contribution is 6.02. The lowest BCUT2D eigenvalue weighted by atomic mass is 9.91. The zero-order valence-corrected chi connectivity index (χ0v) is 31.0. The van der Waals surface area contributed by atoms with Crippen molar-refractivity contribution in [3.63, 3.8) is 0 Å². The van der Waals surface area contributed by atoms with Gasteiger partial charge in [0.15, 0.2) is 5.82 Å². The lowest BCUT2D eigenvalue weighted by Gasteiger charge is -2.41. The Morgan fingerprint density at radius 3 is 2.63 bits per heavy atom. The maximum absolute atomic E-state index is 17.5. The molecule has 4 aromatic rings. The molecule has 8 heterocycles. The van der Waals surface area contributed by atoms with E-state index in [0.717, 1.165) is 87.2 Å². The maximum atomic E-state index is 17.5. The van der Waals surface area contributed by atoms with E-state index in [4.69, 9.17) is 29.2 Å². The number of hydrogen-bond acceptors (Lipinski definition) is 10. The standard InChI is InChI=1S/C41H48FN7O5/c1-40-13-7-18-48(25-40)36-31-24-43-34(33(42)35(31)44-37(45-36)53-26-41-14-8-19-49(41)20-9-15-41)30-23-29(54-39(51)47-16-3-2-4-17-47)22-28-11-5-10-27(32(28)30)12-6-21-52-38(50)46-40/h5,10-11,22-24H,2-4,6-9,12-21,25-26H2,1H3,(H,46,50). The second-order valence-corrected chi connectivity index (χ2v) is 16.1. The van der Waals surface area contributed by atoms with E-state index in [1.54, 1.807) is 17.2 Å². The molecule has 54 heavy (non-hydrogen) atoms. The first-order valence-electron chi connectivity index (χ1n) is 19.7. The molecule has 4 fully saturated rings. The molecule has 1 N–H and O–H groups in total. The molecule has 2 aromatic carbocycles. The molecular weight excluding hydrogens is 689 g/mol. The number of nitrogens with one attached hydrogen (secondary N) is 1. The van der Waals surface area contributed by atoms with Gasteiger partial charge in [-0.25, -0.2) is 14.0 Å². The van der Waals surface area contributed by atoms with Crippen LogP contribution in [0.4, 0.5) is 19.8 Å². The number of amides is 2. The van der Waals surface area contributed by atoms with Gasteiger partial charge >= 0.3 is 18.2 Å². The third-order valence-electron chi connectivity index (χ3n) is 12.3. The molecule has 13 heteroatoms. The Morgan fingerprint density at radius 1 is 0.981 bits per heavy atom. The van der Waals surface area contributed by atoms with Gasteiger partial charge in [-0.05, 0) is 119 Å². The average Bonchev–Trinajstić information content (AvgIpc) is 3.76. The second-order valence-electron chi connectivity index (χ2n) is 16.1. The molecule has 0 radical (unpaired) electrons. The number of nitrogens with zero attached hydrogens (tertiary/aromatic N) is 6. The maximum Gasteiger partial charge on any atom is 0.415 e. The fourth-order valence-electron chi connectivity index (χ4n) is 9.58. The van der Waals surface area contributed by atoms with Crippen LogP contribution in [-0.4, -0.2) is 100 Å². The lowest BCUT2D eigenvalue weighted by Crippen LogP contribution is -2.57. The van der Waals surface area contributed by atoms with Gasteiger partial charge in [0.2, 0.25) is 0 Å². The number of aromatic nitrogens is 3. The number of rotatable bonds is 4. The van der Waals surface area contributed by atoms with Crippen molar-refractivity contribution in [1.82, 2.24) is 30.1 Å². The Hall–Kier alpha value is -4.78. The monoisotopic (exact) mass is 737 g/mol. The number of ether oxygens (including phenoxy) is 3. The molecule has 6 aliphatic rings. The molecule has 6 aliphatic heterocycles. The normalized spacial score (nSPS) is 23.0. The van der Waals surface area contributed by atoms with Crippen LogP contribution in [0.3, 0.4) is 0 Å². The van der Waals surface area contributed by atoms with Gasteiger partial charge in [-0.15, -0.1) is 0 Å². The molecule has 0 aliphatic carbocycles. The highest BCUT2D eigenvalue weighted by Crippen LogP contribution is 2.42. The first-order valence-corrected chi connectivity index (χ1v) is 19.7. The highest BCUT2D eigenvalue weighted by atomic mass is 19.1. The Labute approximate surface area is 314 Å². The predicted molar refractivity (Wildman–Crippen MR) is 203 cm³/mol. The van der Waals surface area contributed by atoms with E-state index in [9.17, 15) is 9.59 Å². The minimum atomic E-state index is -0.607. The number of piperidine rings is 2. The van der Waals surface area contributed by atoms with E-state index in [1.165, 1.54) is 0 Å². The number of carbonyl (C=O) groups excluding carboxylic acids is 2. The summed E-state index contributed by atoms with van der Waals surface area (Å²) in [4.78, 5) is 47.3. The molecular formula is C41H48FN7O5. The van der Waals surface area contributed by atoms with E-state index in [0.29, 0.717) is 68.1 Å². The minimum Gasteiger partial charge on any atom is -0.461 e. The Kier molecular flexibility index (Phi) is 9.15. The first-order chi connectivity index (χ1) is 26.3. The fourth-order valence-corrected chi connectivity index (χ4v) is 9.58. The van der Waals surface area contributed by atoms with Crippen molar-refractivity contribution in [2.75, 3.05) is 57.4 Å². The van der Waals surface area contributed by atoms with Crippen molar-refractivity contribution in [3.8, 4) is 23.0 Å². The number of halogens is 1. The summed E-state index contributed by atoms with van der Waals surface area (Å²) in [6.45, 7) is 7.14. The predicted octanol–water partition coefficient (Wildman–Crippen LogP) is 7.01. The smallest absolute Gasteiger partial charge is 0.415 e. The van der Waals surface area contributed by atoms with Crippen LogP contribution in [0.15, 0.2) is 36.5 Å². The topological polar surface area (TPSA) is 122 Å². The van der Waals surface area contributed by atoms with E-state index < -0.39 is 23.5 Å². The van der Waals surface area contributed by atoms with E-state index in [2.05, 4.69) is 15.1 Å². The van der Waals surface area contributed by atoms with Crippen molar-refractivity contribution < 1.29 is 28.2 Å². The van der Waals surface area contributed by atoms with Gasteiger partial charge in [0.05, 0.1) is 23.1 Å². The Balaban J connectivity index is 1.20. The van der Waals surface area contributed by atoms with Gasteiger partial charge in [0, 0.05) is 37.9 Å². The van der Waals surface area contributed by atoms with Gasteiger partial charge in [0.25, 0.3) is 0 Å². The SMILES string of the molecule is CC12CCCN(C1)c1nc(OCC34CCCN3CCC4)nc3c(F)c(ncc13)-c1cc(OC(=O)N3CCCCC3)cc3cccc(c13)CCCOC(=O)N2. The van der Waals surface area contributed by atoms with Gasteiger partial charge in [0.1, 0.15) is 29.4 Å². The molecule has 0 saturated carbocycles. The van der Waals surface area contributed by atoms with Crippen LogP contribution >= 0.6 is 0 Å². The quantitative estimate of drug-likeness (QED) is 0.234. The van der Waals surface area contributed by atoms with E-state index >= 15 is 4.39 Å². The first kappa shape index (κ1) is 35.0. The van der Waals surface area contributed by atoms with Gasteiger partial charge in [-0.2, -0.15) is 9.97 Å². The van der Waals surface area contributed by atoms with Crippen LogP contribution in [0.5, 0.6) is 11.8 Å². The van der Waals surface area contributed by atoms with Crippen molar-refractivity contribution in [2.24, 2.45) is 0 Å². The number of pyridine rings is 1. The molecule has 12 nitrogen and oxygen atoms in total.